The molecule has 2 rings (SSSR count). The van der Waals surface area contributed by atoms with Crippen LogP contribution >= 0.6 is 0 Å². The van der Waals surface area contributed by atoms with E-state index >= 15 is 0 Å². The van der Waals surface area contributed by atoms with Gasteiger partial charge in [0.2, 0.25) is 0 Å². The number of aromatic hydroxyl groups is 1. The van der Waals surface area contributed by atoms with Crippen LogP contribution in [0.1, 0.15) is 46.0 Å². The fraction of sp³-hybridized carbons (Fsp3) is 0.625. The van der Waals surface area contributed by atoms with Crippen molar-refractivity contribution in [1.82, 2.24) is 0 Å². The zero-order valence-electron chi connectivity index (χ0n) is 11.6. The summed E-state index contributed by atoms with van der Waals surface area (Å²) in [5.74, 6) is 1.10. The van der Waals surface area contributed by atoms with Crippen molar-refractivity contribution >= 4 is 5.69 Å². The highest BCUT2D eigenvalue weighted by Crippen LogP contribution is 2.30. The Bertz CT molecular complexity index is 369. The highest BCUT2D eigenvalue weighted by molar-refractivity contribution is 5.51. The van der Waals surface area contributed by atoms with Gasteiger partial charge in [0.1, 0.15) is 5.75 Å². The van der Waals surface area contributed by atoms with E-state index in [1.54, 1.807) is 6.07 Å². The normalized spacial score (nSPS) is 16.4. The van der Waals surface area contributed by atoms with Crippen molar-refractivity contribution in [3.05, 3.63) is 24.3 Å². The maximum atomic E-state index is 9.66. The molecule has 0 aliphatic heterocycles. The molecular weight excluding hydrogens is 222 g/mol. The van der Waals surface area contributed by atoms with E-state index in [0.29, 0.717) is 11.8 Å². The van der Waals surface area contributed by atoms with Crippen LogP contribution in [0.25, 0.3) is 0 Å². The lowest BCUT2D eigenvalue weighted by atomic mass is 10.1. The molecule has 2 heteroatoms. The third-order valence-corrected chi connectivity index (χ3v) is 3.87. The number of rotatable bonds is 5. The Balaban J connectivity index is 2.12. The lowest BCUT2D eigenvalue weighted by Crippen LogP contribution is -2.34. The molecule has 0 amide bonds. The molecule has 0 radical (unpaired) electrons. The minimum absolute atomic E-state index is 0.375. The summed E-state index contributed by atoms with van der Waals surface area (Å²) in [6.45, 7) is 5.65. The largest absolute Gasteiger partial charge is 0.508 e. The van der Waals surface area contributed by atoms with Crippen LogP contribution in [-0.4, -0.2) is 17.7 Å². The predicted molar refractivity (Wildman–Crippen MR) is 77.2 cm³/mol. The van der Waals surface area contributed by atoms with E-state index in [4.69, 9.17) is 0 Å². The summed E-state index contributed by atoms with van der Waals surface area (Å²) >= 11 is 0. The van der Waals surface area contributed by atoms with Crippen LogP contribution in [0, 0.1) is 5.92 Å². The Kier molecular flexibility index (Phi) is 4.51. The van der Waals surface area contributed by atoms with E-state index in [-0.39, 0.29) is 0 Å². The molecule has 0 unspecified atom stereocenters. The molecule has 1 aromatic rings. The van der Waals surface area contributed by atoms with Gasteiger partial charge < -0.3 is 10.0 Å². The monoisotopic (exact) mass is 247 g/mol. The van der Waals surface area contributed by atoms with Crippen LogP contribution in [0.2, 0.25) is 0 Å². The highest BCUT2D eigenvalue weighted by Gasteiger charge is 2.22. The number of phenolic OH excluding ortho intramolecular Hbond substituents is 1. The molecule has 0 atom stereocenters. The first-order chi connectivity index (χ1) is 8.66. The van der Waals surface area contributed by atoms with Gasteiger partial charge in [-0.15, -0.1) is 0 Å². The first kappa shape index (κ1) is 13.3. The van der Waals surface area contributed by atoms with Crippen molar-refractivity contribution in [2.24, 2.45) is 5.92 Å². The standard InChI is InChI=1S/C16H25NO/c1-13(2)10-11-17(14-6-3-4-7-14)15-8-5-9-16(18)12-15/h5,8-9,12-14,18H,3-4,6-7,10-11H2,1-2H3. The summed E-state index contributed by atoms with van der Waals surface area (Å²) in [4.78, 5) is 2.51. The fourth-order valence-electron chi connectivity index (χ4n) is 2.81. The quantitative estimate of drug-likeness (QED) is 0.843. The minimum atomic E-state index is 0.375. The topological polar surface area (TPSA) is 23.5 Å². The third-order valence-electron chi connectivity index (χ3n) is 3.87. The molecule has 1 fully saturated rings. The lowest BCUT2D eigenvalue weighted by Gasteiger charge is -2.32. The molecule has 18 heavy (non-hydrogen) atoms. The zero-order valence-corrected chi connectivity index (χ0v) is 11.6. The number of benzene rings is 1. The van der Waals surface area contributed by atoms with Gasteiger partial charge in [-0.1, -0.05) is 32.8 Å². The van der Waals surface area contributed by atoms with Gasteiger partial charge in [0, 0.05) is 24.3 Å². The molecule has 1 aliphatic carbocycles. The van der Waals surface area contributed by atoms with Crippen LogP contribution < -0.4 is 4.90 Å². The second-order valence-electron chi connectivity index (χ2n) is 5.83. The Labute approximate surface area is 111 Å². The Hall–Kier alpha value is -1.18. The molecule has 1 aromatic carbocycles. The minimum Gasteiger partial charge on any atom is -0.508 e. The lowest BCUT2D eigenvalue weighted by molar-refractivity contribution is 0.474. The molecular formula is C16H25NO. The first-order valence-corrected chi connectivity index (χ1v) is 7.22. The molecule has 100 valence electrons. The Morgan fingerprint density at radius 2 is 2.00 bits per heavy atom. The second kappa shape index (κ2) is 6.12. The van der Waals surface area contributed by atoms with Crippen molar-refractivity contribution < 1.29 is 5.11 Å². The zero-order chi connectivity index (χ0) is 13.0. The average molecular weight is 247 g/mol. The molecule has 0 spiro atoms. The van der Waals surface area contributed by atoms with Crippen LogP contribution in [0.15, 0.2) is 24.3 Å². The summed E-state index contributed by atoms with van der Waals surface area (Å²) < 4.78 is 0. The van der Waals surface area contributed by atoms with Gasteiger partial charge in [-0.25, -0.2) is 0 Å². The van der Waals surface area contributed by atoms with E-state index in [1.807, 2.05) is 12.1 Å². The van der Waals surface area contributed by atoms with Gasteiger partial charge in [0.25, 0.3) is 0 Å². The molecule has 1 N–H and O–H groups in total. The number of hydrogen-bond donors (Lipinski definition) is 1. The highest BCUT2D eigenvalue weighted by atomic mass is 16.3. The molecule has 2 nitrogen and oxygen atoms in total. The Morgan fingerprint density at radius 3 is 2.61 bits per heavy atom. The molecule has 0 saturated heterocycles. The van der Waals surface area contributed by atoms with Crippen LogP contribution in [0.3, 0.4) is 0 Å². The third kappa shape index (κ3) is 3.41. The maximum Gasteiger partial charge on any atom is 0.117 e. The Morgan fingerprint density at radius 1 is 1.28 bits per heavy atom. The molecule has 0 heterocycles. The van der Waals surface area contributed by atoms with Gasteiger partial charge in [0.05, 0.1) is 0 Å². The average Bonchev–Trinajstić information content (AvgIpc) is 2.83. The van der Waals surface area contributed by atoms with Crippen LogP contribution in [-0.2, 0) is 0 Å². The summed E-state index contributed by atoms with van der Waals surface area (Å²) in [5, 5.41) is 9.66. The van der Waals surface area contributed by atoms with Crippen molar-refractivity contribution in [1.29, 1.82) is 0 Å². The van der Waals surface area contributed by atoms with E-state index in [1.165, 1.54) is 37.8 Å². The first-order valence-electron chi connectivity index (χ1n) is 7.22. The summed E-state index contributed by atoms with van der Waals surface area (Å²) in [6.07, 6.45) is 6.51. The van der Waals surface area contributed by atoms with Crippen LogP contribution in [0.4, 0.5) is 5.69 Å². The van der Waals surface area contributed by atoms with E-state index in [9.17, 15) is 5.11 Å². The maximum absolute atomic E-state index is 9.66. The smallest absolute Gasteiger partial charge is 0.117 e. The van der Waals surface area contributed by atoms with Gasteiger partial charge in [-0.3, -0.25) is 0 Å². The SMILES string of the molecule is CC(C)CCN(c1cccc(O)c1)C1CCCC1. The van der Waals surface area contributed by atoms with Crippen molar-refractivity contribution in [3.8, 4) is 5.75 Å². The van der Waals surface area contributed by atoms with E-state index in [2.05, 4.69) is 24.8 Å². The van der Waals surface area contributed by atoms with Crippen molar-refractivity contribution in [3.63, 3.8) is 0 Å². The molecule has 0 aromatic heterocycles. The summed E-state index contributed by atoms with van der Waals surface area (Å²) in [5.41, 5.74) is 1.18. The number of phenols is 1. The number of anilines is 1. The van der Waals surface area contributed by atoms with Crippen molar-refractivity contribution in [2.75, 3.05) is 11.4 Å². The summed E-state index contributed by atoms with van der Waals surface area (Å²) in [6, 6.07) is 8.39. The summed E-state index contributed by atoms with van der Waals surface area (Å²) in [7, 11) is 0. The van der Waals surface area contributed by atoms with Gasteiger partial charge in [-0.05, 0) is 37.3 Å². The van der Waals surface area contributed by atoms with Gasteiger partial charge in [0.15, 0.2) is 0 Å². The van der Waals surface area contributed by atoms with Crippen molar-refractivity contribution in [2.45, 2.75) is 52.0 Å². The van der Waals surface area contributed by atoms with E-state index < -0.39 is 0 Å². The predicted octanol–water partition coefficient (Wildman–Crippen LogP) is 4.19. The molecule has 1 saturated carbocycles. The van der Waals surface area contributed by atoms with Crippen LogP contribution in [0.5, 0.6) is 5.75 Å². The number of hydrogen-bond acceptors (Lipinski definition) is 2. The van der Waals surface area contributed by atoms with Gasteiger partial charge in [-0.2, -0.15) is 0 Å². The molecule has 0 bridgehead atoms. The second-order valence-corrected chi connectivity index (χ2v) is 5.83. The van der Waals surface area contributed by atoms with Gasteiger partial charge >= 0.3 is 0 Å². The molecule has 1 aliphatic rings. The van der Waals surface area contributed by atoms with E-state index in [0.717, 1.165) is 12.5 Å². The number of nitrogens with zero attached hydrogens (tertiary/aromatic N) is 1. The fourth-order valence-corrected chi connectivity index (χ4v) is 2.81.